The lowest BCUT2D eigenvalue weighted by molar-refractivity contribution is 0.603. The third-order valence-electron chi connectivity index (χ3n) is 3.43. The van der Waals surface area contributed by atoms with Crippen molar-refractivity contribution in [3.63, 3.8) is 0 Å². The molecule has 0 heterocycles. The predicted octanol–water partition coefficient (Wildman–Crippen LogP) is 6.24. The van der Waals surface area contributed by atoms with E-state index in [1.807, 2.05) is 66.7 Å². The first-order chi connectivity index (χ1) is 10.7. The number of hydrogen-bond donors (Lipinski definition) is 0. The Morgan fingerprint density at radius 1 is 0.682 bits per heavy atom. The Labute approximate surface area is 140 Å². The second kappa shape index (κ2) is 6.62. The molecule has 0 aliphatic heterocycles. The third-order valence-corrected chi connectivity index (χ3v) is 4.50. The van der Waals surface area contributed by atoms with Crippen LogP contribution in [0.4, 0.5) is 0 Å². The Bertz CT molecular complexity index is 811. The first-order valence-electron chi connectivity index (χ1n) is 6.67. The molecule has 0 bridgehead atoms. The molecule has 0 aromatic heterocycles. The van der Waals surface area contributed by atoms with Crippen LogP contribution < -0.4 is 5.30 Å². The number of rotatable bonds is 3. The van der Waals surface area contributed by atoms with Gasteiger partial charge in [-0.3, -0.25) is 4.57 Å². The van der Waals surface area contributed by atoms with E-state index >= 15 is 0 Å². The average molecular weight is 345 g/mol. The minimum atomic E-state index is -0.0105. The number of hydrogen-bond acceptors (Lipinski definition) is 1. The van der Waals surface area contributed by atoms with Gasteiger partial charge < -0.3 is 0 Å². The summed E-state index contributed by atoms with van der Waals surface area (Å²) in [5.41, 5.74) is 3.96. The van der Waals surface area contributed by atoms with Gasteiger partial charge in [0.2, 0.25) is 0 Å². The summed E-state index contributed by atoms with van der Waals surface area (Å²) in [4.78, 5) is 0. The summed E-state index contributed by atoms with van der Waals surface area (Å²) < 4.78 is 11.6. The summed E-state index contributed by atoms with van der Waals surface area (Å²) >= 11 is 11.9. The molecule has 1 nitrogen and oxygen atoms in total. The van der Waals surface area contributed by atoms with Gasteiger partial charge in [0, 0.05) is 15.6 Å². The van der Waals surface area contributed by atoms with Gasteiger partial charge >= 0.3 is 0 Å². The van der Waals surface area contributed by atoms with Gasteiger partial charge in [0.1, 0.15) is 0 Å². The molecule has 0 fully saturated rings. The van der Waals surface area contributed by atoms with Gasteiger partial charge in [-0.2, -0.15) is 0 Å². The molecule has 3 aromatic rings. The summed E-state index contributed by atoms with van der Waals surface area (Å²) in [6.07, 6.45) is 0. The van der Waals surface area contributed by atoms with Gasteiger partial charge in [0.05, 0.1) is 5.30 Å². The molecule has 0 amide bonds. The lowest BCUT2D eigenvalue weighted by Gasteiger charge is -2.12. The topological polar surface area (TPSA) is 17.1 Å². The van der Waals surface area contributed by atoms with E-state index < -0.39 is 0 Å². The first kappa shape index (κ1) is 15.2. The average Bonchev–Trinajstić information content (AvgIpc) is 2.56. The van der Waals surface area contributed by atoms with Gasteiger partial charge in [0.25, 0.3) is 0 Å². The van der Waals surface area contributed by atoms with Crippen molar-refractivity contribution in [2.24, 2.45) is 0 Å². The van der Waals surface area contributed by atoms with E-state index in [0.29, 0.717) is 10.0 Å². The van der Waals surface area contributed by atoms with E-state index in [9.17, 15) is 4.57 Å². The fourth-order valence-corrected chi connectivity index (χ4v) is 3.15. The maximum atomic E-state index is 11.6. The van der Waals surface area contributed by atoms with Crippen molar-refractivity contribution < 1.29 is 4.57 Å². The molecule has 0 aliphatic carbocycles. The lowest BCUT2D eigenvalue weighted by Crippen LogP contribution is -2.00. The monoisotopic (exact) mass is 344 g/mol. The molecule has 0 N–H and O–H groups in total. The Balaban J connectivity index is 2.24. The van der Waals surface area contributed by atoms with Crippen LogP contribution in [0.3, 0.4) is 0 Å². The summed E-state index contributed by atoms with van der Waals surface area (Å²) in [5, 5.41) is 2.11. The second-order valence-corrected chi connectivity index (χ2v) is 6.34. The van der Waals surface area contributed by atoms with Crippen molar-refractivity contribution in [1.29, 1.82) is 0 Å². The smallest absolute Gasteiger partial charge is 0.192 e. The summed E-state index contributed by atoms with van der Waals surface area (Å²) in [5.74, 6) is 0. The van der Waals surface area contributed by atoms with Crippen molar-refractivity contribution in [2.75, 3.05) is 0 Å². The van der Waals surface area contributed by atoms with Crippen LogP contribution >= 0.6 is 31.7 Å². The molecule has 108 valence electrons. The van der Waals surface area contributed by atoms with Gasteiger partial charge in [0.15, 0.2) is 8.46 Å². The van der Waals surface area contributed by atoms with Crippen LogP contribution in [0.1, 0.15) is 0 Å². The molecular formula is C18H11Cl2OP. The van der Waals surface area contributed by atoms with Gasteiger partial charge in [-0.15, -0.1) is 0 Å². The highest BCUT2D eigenvalue weighted by atomic mass is 35.5. The van der Waals surface area contributed by atoms with Crippen molar-refractivity contribution in [1.82, 2.24) is 0 Å². The number of halogens is 2. The fourth-order valence-electron chi connectivity index (χ4n) is 2.41. The third kappa shape index (κ3) is 3.08. The summed E-state index contributed by atoms with van der Waals surface area (Å²) in [7, 11) is -0.0105. The molecule has 0 aliphatic rings. The van der Waals surface area contributed by atoms with E-state index in [0.717, 1.165) is 27.6 Å². The Kier molecular flexibility index (Phi) is 4.59. The van der Waals surface area contributed by atoms with Gasteiger partial charge in [-0.05, 0) is 47.0 Å². The van der Waals surface area contributed by atoms with E-state index in [2.05, 4.69) is 0 Å². The van der Waals surface area contributed by atoms with Crippen LogP contribution in [-0.2, 0) is 4.57 Å². The Morgan fingerprint density at radius 3 is 1.77 bits per heavy atom. The SMILES string of the molecule is O=Pc1cccc(-c2ccc(Cl)cc2)c1-c1ccc(Cl)cc1. The molecule has 3 rings (SSSR count). The van der Waals surface area contributed by atoms with E-state index in [4.69, 9.17) is 23.2 Å². The molecule has 0 unspecified atom stereocenters. The zero-order valence-electron chi connectivity index (χ0n) is 11.5. The quantitative estimate of drug-likeness (QED) is 0.513. The summed E-state index contributed by atoms with van der Waals surface area (Å²) in [6, 6.07) is 20.9. The van der Waals surface area contributed by atoms with E-state index in [1.165, 1.54) is 0 Å². The van der Waals surface area contributed by atoms with Crippen LogP contribution in [-0.4, -0.2) is 0 Å². The van der Waals surface area contributed by atoms with E-state index in [-0.39, 0.29) is 8.46 Å². The normalized spacial score (nSPS) is 10.8. The molecule has 22 heavy (non-hydrogen) atoms. The molecule has 0 spiro atoms. The molecule has 0 radical (unpaired) electrons. The van der Waals surface area contributed by atoms with Crippen molar-refractivity contribution in [2.45, 2.75) is 0 Å². The lowest BCUT2D eigenvalue weighted by atomic mass is 9.94. The molecule has 0 saturated carbocycles. The van der Waals surface area contributed by atoms with Crippen molar-refractivity contribution >= 4 is 37.0 Å². The van der Waals surface area contributed by atoms with E-state index in [1.54, 1.807) is 0 Å². The highest BCUT2D eigenvalue weighted by Gasteiger charge is 2.12. The minimum Gasteiger partial charge on any atom is -0.269 e. The minimum absolute atomic E-state index is 0.0105. The largest absolute Gasteiger partial charge is 0.269 e. The van der Waals surface area contributed by atoms with Crippen LogP contribution in [0.2, 0.25) is 10.0 Å². The maximum absolute atomic E-state index is 11.6. The van der Waals surface area contributed by atoms with Gasteiger partial charge in [-0.1, -0.05) is 59.6 Å². The Hall–Kier alpha value is -1.66. The molecule has 0 saturated heterocycles. The van der Waals surface area contributed by atoms with Crippen LogP contribution in [0.15, 0.2) is 66.7 Å². The number of benzene rings is 3. The van der Waals surface area contributed by atoms with Crippen molar-refractivity contribution in [3.05, 3.63) is 76.8 Å². The molecule has 3 aromatic carbocycles. The Morgan fingerprint density at radius 2 is 1.23 bits per heavy atom. The van der Waals surface area contributed by atoms with Crippen LogP contribution in [0, 0.1) is 0 Å². The summed E-state index contributed by atoms with van der Waals surface area (Å²) in [6.45, 7) is 0. The molecular weight excluding hydrogens is 334 g/mol. The maximum Gasteiger partial charge on any atom is 0.192 e. The first-order valence-corrected chi connectivity index (χ1v) is 8.24. The highest BCUT2D eigenvalue weighted by molar-refractivity contribution is 7.34. The second-order valence-electron chi connectivity index (χ2n) is 4.80. The van der Waals surface area contributed by atoms with Gasteiger partial charge in [-0.25, -0.2) is 0 Å². The van der Waals surface area contributed by atoms with Crippen molar-refractivity contribution in [3.8, 4) is 22.3 Å². The van der Waals surface area contributed by atoms with Crippen LogP contribution in [0.5, 0.6) is 0 Å². The molecule has 4 heteroatoms. The fraction of sp³-hybridized carbons (Fsp3) is 0. The highest BCUT2D eigenvalue weighted by Crippen LogP contribution is 2.33. The predicted molar refractivity (Wildman–Crippen MR) is 94.6 cm³/mol. The standard InChI is InChI=1S/C18H11Cl2OP/c19-14-8-4-12(5-9-14)16-2-1-3-17(22-21)18(16)13-6-10-15(20)11-7-13/h1-11H. The van der Waals surface area contributed by atoms with Crippen LogP contribution in [0.25, 0.3) is 22.3 Å². The zero-order chi connectivity index (χ0) is 15.5. The zero-order valence-corrected chi connectivity index (χ0v) is 13.9. The molecule has 0 atom stereocenters.